The summed E-state index contributed by atoms with van der Waals surface area (Å²) >= 11 is 0. The summed E-state index contributed by atoms with van der Waals surface area (Å²) in [5, 5.41) is 47.0. The van der Waals surface area contributed by atoms with Crippen molar-refractivity contribution in [3.63, 3.8) is 0 Å². The molecule has 244 valence electrons. The monoisotopic (exact) mass is 626 g/mol. The number of phenols is 1. The van der Waals surface area contributed by atoms with E-state index in [9.17, 15) is 34.8 Å². The van der Waals surface area contributed by atoms with Gasteiger partial charge in [-0.15, -0.1) is 0 Å². The molecule has 4 atom stereocenters. The van der Waals surface area contributed by atoms with Crippen LogP contribution in [0, 0.1) is 34.5 Å². The Hall–Kier alpha value is -3.71. The fraction of sp³-hybridized carbons (Fsp3) is 0.513. The number of hydrogen-bond donors (Lipinski definition) is 4. The molecule has 0 heterocycles. The molecule has 0 aliphatic heterocycles. The van der Waals surface area contributed by atoms with Gasteiger partial charge in [-0.2, -0.15) is 0 Å². The van der Waals surface area contributed by atoms with Crippen LogP contribution in [0.4, 0.5) is 0 Å². The molecular weight excluding hydrogens is 580 g/mol. The van der Waals surface area contributed by atoms with E-state index in [2.05, 4.69) is 24.3 Å². The third-order valence-electron chi connectivity index (χ3n) is 11.8. The van der Waals surface area contributed by atoms with Gasteiger partial charge in [0, 0.05) is 22.3 Å². The van der Waals surface area contributed by atoms with E-state index in [-0.39, 0.29) is 29.2 Å². The van der Waals surface area contributed by atoms with Gasteiger partial charge in [-0.25, -0.2) is 0 Å². The first-order valence-electron chi connectivity index (χ1n) is 16.7. The number of hydrogen-bond acceptors (Lipinski definition) is 7. The number of aliphatic hydroxyl groups is 3. The highest BCUT2D eigenvalue weighted by Gasteiger charge is 2.72. The average molecular weight is 627 g/mol. The fourth-order valence-corrected chi connectivity index (χ4v) is 9.82. The Morgan fingerprint density at radius 3 is 2.11 bits per heavy atom. The average Bonchev–Trinajstić information content (AvgIpc) is 2.97. The molecule has 0 spiro atoms. The van der Waals surface area contributed by atoms with Crippen LogP contribution >= 0.6 is 0 Å². The lowest BCUT2D eigenvalue weighted by Crippen LogP contribution is -2.69. The molecule has 0 amide bonds. The largest absolute Gasteiger partial charge is 0.508 e. The van der Waals surface area contributed by atoms with E-state index in [0.29, 0.717) is 35.8 Å². The van der Waals surface area contributed by atoms with Crippen molar-refractivity contribution in [1.29, 1.82) is 0 Å². The van der Waals surface area contributed by atoms with E-state index >= 15 is 0 Å². The third-order valence-corrected chi connectivity index (χ3v) is 11.8. The summed E-state index contributed by atoms with van der Waals surface area (Å²) in [5.41, 5.74) is -2.75. The lowest BCUT2D eigenvalue weighted by molar-refractivity contribution is -0.178. The topological polar surface area (TPSA) is 132 Å². The fourth-order valence-electron chi connectivity index (χ4n) is 9.82. The van der Waals surface area contributed by atoms with E-state index < -0.39 is 56.8 Å². The van der Waals surface area contributed by atoms with Crippen LogP contribution in [-0.4, -0.2) is 43.4 Å². The number of aliphatic hydroxyl groups excluding tert-OH is 2. The second-order valence-corrected chi connectivity index (χ2v) is 15.3. The molecule has 4 N–H and O–H groups in total. The molecule has 6 rings (SSSR count). The molecule has 1 unspecified atom stereocenters. The highest BCUT2D eigenvalue weighted by Crippen LogP contribution is 2.65. The highest BCUT2D eigenvalue weighted by atomic mass is 16.3. The van der Waals surface area contributed by atoms with Gasteiger partial charge in [-0.1, -0.05) is 70.2 Å². The number of Topliss-reactive ketones (excluding diaryl/α,β-unsaturated/α-hetero) is 3. The van der Waals surface area contributed by atoms with Crippen molar-refractivity contribution in [2.24, 2.45) is 34.5 Å². The maximum Gasteiger partial charge on any atom is 0.203 e. The molecule has 0 aromatic heterocycles. The molecule has 0 saturated heterocycles. The Morgan fingerprint density at radius 1 is 0.913 bits per heavy atom. The molecule has 0 bridgehead atoms. The molecule has 46 heavy (non-hydrogen) atoms. The number of carbonyl (C=O) groups is 3. The second-order valence-electron chi connectivity index (χ2n) is 15.3. The summed E-state index contributed by atoms with van der Waals surface area (Å²) in [6, 6.07) is 14.4. The zero-order chi connectivity index (χ0) is 33.3. The number of allylic oxidation sites excluding steroid dienone is 1. The van der Waals surface area contributed by atoms with Gasteiger partial charge >= 0.3 is 0 Å². The van der Waals surface area contributed by atoms with Gasteiger partial charge in [0.05, 0.1) is 5.56 Å². The Labute approximate surface area is 271 Å². The number of ketones is 3. The minimum absolute atomic E-state index is 0.0628. The summed E-state index contributed by atoms with van der Waals surface area (Å²) < 4.78 is 0. The Bertz CT molecular complexity index is 1680. The lowest BCUT2D eigenvalue weighted by atomic mass is 9.43. The Kier molecular flexibility index (Phi) is 7.86. The summed E-state index contributed by atoms with van der Waals surface area (Å²) in [6.45, 7) is 8.19. The van der Waals surface area contributed by atoms with Gasteiger partial charge in [0.2, 0.25) is 5.78 Å². The zero-order valence-corrected chi connectivity index (χ0v) is 27.5. The first-order valence-corrected chi connectivity index (χ1v) is 16.7. The van der Waals surface area contributed by atoms with Gasteiger partial charge in [-0.05, 0) is 92.7 Å². The standard InChI is InChI=1S/C39H46O7/c1-21(2)30-33(42)28(22(3)40)35(44)39(46)36(45)31-34(43)29-27(19-37(31,4)20-38(30,39)5)16-15-26(32(29)41)18-25-13-11-24(12-14-25)17-23-9-7-6-8-10-23/h6-10,15-16,21,24-25,30,41,43-44,46H,11-14,17-20H2,1-5H3/t24?,25?,30?,37-,38-,39+/m1/s1. The minimum Gasteiger partial charge on any atom is -0.508 e. The van der Waals surface area contributed by atoms with Crippen molar-refractivity contribution < 1.29 is 34.8 Å². The molecule has 7 nitrogen and oxygen atoms in total. The van der Waals surface area contributed by atoms with E-state index in [0.717, 1.165) is 39.0 Å². The van der Waals surface area contributed by atoms with Crippen molar-refractivity contribution in [3.05, 3.63) is 81.6 Å². The van der Waals surface area contributed by atoms with E-state index in [4.69, 9.17) is 0 Å². The van der Waals surface area contributed by atoms with Crippen molar-refractivity contribution in [2.45, 2.75) is 91.6 Å². The summed E-state index contributed by atoms with van der Waals surface area (Å²) in [4.78, 5) is 40.7. The SMILES string of the molecule is CC(=O)C1=C(O)[C@]2(O)C(=O)C3=C(O)c4c(ccc(CC5CCC(Cc6ccccc6)CC5)c4O)C[C@]3(C)C[C@]2(C)C(C(C)C)C1=O. The second kappa shape index (κ2) is 11.2. The van der Waals surface area contributed by atoms with Gasteiger partial charge in [0.25, 0.3) is 0 Å². The normalized spacial score (nSPS) is 32.7. The van der Waals surface area contributed by atoms with Crippen molar-refractivity contribution >= 4 is 23.1 Å². The third kappa shape index (κ3) is 4.68. The van der Waals surface area contributed by atoms with Gasteiger partial charge in [0.1, 0.15) is 22.8 Å². The maximum absolute atomic E-state index is 14.5. The highest BCUT2D eigenvalue weighted by molar-refractivity contribution is 6.24. The predicted molar refractivity (Wildman–Crippen MR) is 175 cm³/mol. The van der Waals surface area contributed by atoms with E-state index in [1.165, 1.54) is 5.56 Å². The van der Waals surface area contributed by atoms with Gasteiger partial charge in [-0.3, -0.25) is 14.4 Å². The molecule has 2 aromatic rings. The van der Waals surface area contributed by atoms with Crippen LogP contribution in [0.1, 0.15) is 89.0 Å². The van der Waals surface area contributed by atoms with Crippen molar-refractivity contribution in [1.82, 2.24) is 0 Å². The minimum atomic E-state index is -2.59. The number of aromatic hydroxyl groups is 1. The smallest absolute Gasteiger partial charge is 0.203 e. The van der Waals surface area contributed by atoms with Crippen molar-refractivity contribution in [2.75, 3.05) is 0 Å². The number of carbonyl (C=O) groups excluding carboxylic acids is 3. The molecule has 0 radical (unpaired) electrons. The van der Waals surface area contributed by atoms with Crippen LogP contribution in [0.25, 0.3) is 5.76 Å². The molecular formula is C39H46O7. The van der Waals surface area contributed by atoms with Crippen LogP contribution < -0.4 is 0 Å². The Balaban J connectivity index is 1.34. The van der Waals surface area contributed by atoms with Crippen LogP contribution in [0.15, 0.2) is 59.4 Å². The number of fused-ring (bicyclic) bond motifs is 3. The van der Waals surface area contributed by atoms with Crippen LogP contribution in [0.2, 0.25) is 0 Å². The molecule has 7 heteroatoms. The molecule has 4 aliphatic carbocycles. The first kappa shape index (κ1) is 32.2. The Morgan fingerprint density at radius 2 is 1.52 bits per heavy atom. The zero-order valence-electron chi connectivity index (χ0n) is 27.5. The van der Waals surface area contributed by atoms with Crippen LogP contribution in [-0.2, 0) is 33.6 Å². The van der Waals surface area contributed by atoms with Crippen LogP contribution in [0.5, 0.6) is 5.75 Å². The quantitative estimate of drug-likeness (QED) is 0.260. The van der Waals surface area contributed by atoms with Gasteiger partial charge in [0.15, 0.2) is 17.2 Å². The van der Waals surface area contributed by atoms with Crippen molar-refractivity contribution in [3.8, 4) is 5.75 Å². The summed E-state index contributed by atoms with van der Waals surface area (Å²) in [7, 11) is 0. The van der Waals surface area contributed by atoms with Gasteiger partial charge < -0.3 is 20.4 Å². The molecule has 4 aliphatic rings. The van der Waals surface area contributed by atoms with E-state index in [1.54, 1.807) is 20.8 Å². The summed E-state index contributed by atoms with van der Waals surface area (Å²) in [6.07, 6.45) is 6.43. The molecule has 2 aromatic carbocycles. The van der Waals surface area contributed by atoms with Crippen LogP contribution in [0.3, 0.4) is 0 Å². The predicted octanol–water partition coefficient (Wildman–Crippen LogP) is 6.78. The maximum atomic E-state index is 14.5. The lowest BCUT2D eigenvalue weighted by Gasteiger charge is -2.59. The first-order chi connectivity index (χ1) is 21.6. The molecule has 2 saturated carbocycles. The number of rotatable bonds is 6. The number of phenolic OH excluding ortho intramolecular Hbond substituents is 1. The number of benzene rings is 2. The summed E-state index contributed by atoms with van der Waals surface area (Å²) in [5.74, 6) is -3.90. The molecule has 2 fully saturated rings. The van der Waals surface area contributed by atoms with E-state index in [1.807, 2.05) is 25.1 Å².